The number of rotatable bonds is 3. The van der Waals surface area contributed by atoms with Crippen molar-refractivity contribution in [3.8, 4) is 0 Å². The molecule has 1 aliphatic heterocycles. The van der Waals surface area contributed by atoms with E-state index in [1.807, 2.05) is 19.3 Å². The largest absolute Gasteiger partial charge is 0.352 e. The molecule has 4 heteroatoms. The minimum atomic E-state index is 0.657. The fourth-order valence-electron chi connectivity index (χ4n) is 2.20. The molecule has 1 saturated heterocycles. The van der Waals surface area contributed by atoms with E-state index in [1.54, 1.807) is 0 Å². The Kier molecular flexibility index (Phi) is 3.90. The molecule has 2 heterocycles. The van der Waals surface area contributed by atoms with E-state index in [1.165, 1.54) is 31.6 Å². The molecule has 1 N–H and O–H groups in total. The number of aromatic nitrogens is 1. The van der Waals surface area contributed by atoms with E-state index in [-0.39, 0.29) is 0 Å². The van der Waals surface area contributed by atoms with Gasteiger partial charge in [-0.3, -0.25) is 0 Å². The minimum Gasteiger partial charge on any atom is -0.352 e. The van der Waals surface area contributed by atoms with Crippen LogP contribution in [0.3, 0.4) is 0 Å². The lowest BCUT2D eigenvalue weighted by molar-refractivity contribution is 0.233. The van der Waals surface area contributed by atoms with E-state index < -0.39 is 0 Å². The molecule has 1 aromatic heterocycles. The van der Waals surface area contributed by atoms with Crippen LogP contribution in [0.5, 0.6) is 0 Å². The normalized spacial score (nSPS) is 19.2. The molecule has 90 valence electrons. The van der Waals surface area contributed by atoms with Gasteiger partial charge in [0.25, 0.3) is 0 Å². The second kappa shape index (κ2) is 5.21. The number of nitrogens with one attached hydrogen (secondary N) is 1. The van der Waals surface area contributed by atoms with Gasteiger partial charge in [0.1, 0.15) is 0 Å². The molecule has 1 aromatic rings. The molecular formula is C12H20ClN3. The number of hydrogen-bond donors (Lipinski definition) is 1. The van der Waals surface area contributed by atoms with Crippen molar-refractivity contribution in [2.45, 2.75) is 25.4 Å². The Morgan fingerprint density at radius 3 is 2.62 bits per heavy atom. The third kappa shape index (κ3) is 3.00. The molecule has 2 rings (SSSR count). The van der Waals surface area contributed by atoms with Gasteiger partial charge in [0.05, 0.1) is 5.02 Å². The third-order valence-corrected chi connectivity index (χ3v) is 3.57. The van der Waals surface area contributed by atoms with Gasteiger partial charge in [0, 0.05) is 31.5 Å². The van der Waals surface area contributed by atoms with Crippen LogP contribution in [0.4, 0.5) is 0 Å². The Labute approximate surface area is 102 Å². The van der Waals surface area contributed by atoms with Gasteiger partial charge in [-0.05, 0) is 39.0 Å². The summed E-state index contributed by atoms with van der Waals surface area (Å²) in [6, 6.07) is 2.69. The number of piperidine rings is 1. The fraction of sp³-hybridized carbons (Fsp3) is 0.667. The predicted octanol–water partition coefficient (Wildman–Crippen LogP) is 1.86. The molecule has 0 radical (unpaired) electrons. The van der Waals surface area contributed by atoms with Gasteiger partial charge in [-0.25, -0.2) is 0 Å². The lowest BCUT2D eigenvalue weighted by Gasteiger charge is -2.29. The molecule has 0 aliphatic carbocycles. The molecule has 0 unspecified atom stereocenters. The third-order valence-electron chi connectivity index (χ3n) is 3.36. The highest BCUT2D eigenvalue weighted by Gasteiger charge is 2.16. The monoisotopic (exact) mass is 241 g/mol. The Balaban J connectivity index is 1.81. The van der Waals surface area contributed by atoms with Gasteiger partial charge < -0.3 is 14.8 Å². The van der Waals surface area contributed by atoms with Crippen molar-refractivity contribution in [2.24, 2.45) is 7.05 Å². The predicted molar refractivity (Wildman–Crippen MR) is 67.8 cm³/mol. The molecular weight excluding hydrogens is 222 g/mol. The van der Waals surface area contributed by atoms with Gasteiger partial charge in [0.2, 0.25) is 0 Å². The Bertz CT molecular complexity index is 340. The van der Waals surface area contributed by atoms with Crippen LogP contribution in [0.1, 0.15) is 18.5 Å². The molecule has 3 nitrogen and oxygen atoms in total. The van der Waals surface area contributed by atoms with Crippen molar-refractivity contribution < 1.29 is 0 Å². The SMILES string of the molecule is CN1CCC(NCc2cc(Cl)cn2C)CC1. The summed E-state index contributed by atoms with van der Waals surface area (Å²) in [5, 5.41) is 4.43. The number of aryl methyl sites for hydroxylation is 1. The quantitative estimate of drug-likeness (QED) is 0.872. The average Bonchev–Trinajstić information content (AvgIpc) is 2.57. The van der Waals surface area contributed by atoms with E-state index in [0.29, 0.717) is 6.04 Å². The highest BCUT2D eigenvalue weighted by Crippen LogP contribution is 2.14. The maximum Gasteiger partial charge on any atom is 0.0585 e. The highest BCUT2D eigenvalue weighted by atomic mass is 35.5. The van der Waals surface area contributed by atoms with E-state index >= 15 is 0 Å². The molecule has 0 bridgehead atoms. The molecule has 1 aliphatic rings. The Morgan fingerprint density at radius 2 is 2.06 bits per heavy atom. The van der Waals surface area contributed by atoms with Crippen LogP contribution in [-0.4, -0.2) is 35.6 Å². The fourth-order valence-corrected chi connectivity index (χ4v) is 2.48. The van der Waals surface area contributed by atoms with Gasteiger partial charge in [-0.1, -0.05) is 11.6 Å². The van der Waals surface area contributed by atoms with Crippen molar-refractivity contribution in [3.05, 3.63) is 23.0 Å². The van der Waals surface area contributed by atoms with E-state index in [9.17, 15) is 0 Å². The first-order valence-electron chi connectivity index (χ1n) is 5.88. The summed E-state index contributed by atoms with van der Waals surface area (Å²) >= 11 is 5.95. The van der Waals surface area contributed by atoms with Crippen LogP contribution < -0.4 is 5.32 Å². The van der Waals surface area contributed by atoms with Crippen LogP contribution in [0.25, 0.3) is 0 Å². The van der Waals surface area contributed by atoms with Gasteiger partial charge in [-0.15, -0.1) is 0 Å². The summed E-state index contributed by atoms with van der Waals surface area (Å²) < 4.78 is 2.09. The van der Waals surface area contributed by atoms with Gasteiger partial charge >= 0.3 is 0 Å². The van der Waals surface area contributed by atoms with Crippen LogP contribution in [0.2, 0.25) is 5.02 Å². The zero-order valence-electron chi connectivity index (χ0n) is 10.0. The number of likely N-dealkylation sites (tertiary alicyclic amines) is 1. The minimum absolute atomic E-state index is 0.657. The molecule has 0 aromatic carbocycles. The summed E-state index contributed by atoms with van der Waals surface area (Å²) in [4.78, 5) is 2.39. The van der Waals surface area contributed by atoms with Crippen molar-refractivity contribution >= 4 is 11.6 Å². The number of nitrogens with zero attached hydrogens (tertiary/aromatic N) is 2. The van der Waals surface area contributed by atoms with Crippen LogP contribution >= 0.6 is 11.6 Å². The molecule has 0 spiro atoms. The summed E-state index contributed by atoms with van der Waals surface area (Å²) in [5.41, 5.74) is 1.25. The highest BCUT2D eigenvalue weighted by molar-refractivity contribution is 6.30. The Morgan fingerprint density at radius 1 is 1.38 bits per heavy atom. The summed E-state index contributed by atoms with van der Waals surface area (Å²) in [5.74, 6) is 0. The first-order chi connectivity index (χ1) is 7.65. The van der Waals surface area contributed by atoms with E-state index in [2.05, 4.69) is 21.8 Å². The topological polar surface area (TPSA) is 20.2 Å². The number of halogens is 1. The number of hydrogen-bond acceptors (Lipinski definition) is 2. The zero-order valence-corrected chi connectivity index (χ0v) is 10.8. The average molecular weight is 242 g/mol. The maximum atomic E-state index is 5.95. The summed E-state index contributed by atoms with van der Waals surface area (Å²) in [7, 11) is 4.23. The van der Waals surface area contributed by atoms with Crippen molar-refractivity contribution in [2.75, 3.05) is 20.1 Å². The zero-order chi connectivity index (χ0) is 11.5. The lowest BCUT2D eigenvalue weighted by atomic mass is 10.1. The van der Waals surface area contributed by atoms with Crippen molar-refractivity contribution in [1.82, 2.24) is 14.8 Å². The first kappa shape index (κ1) is 12.0. The maximum absolute atomic E-state index is 5.95. The van der Waals surface area contributed by atoms with Gasteiger partial charge in [-0.2, -0.15) is 0 Å². The molecule has 0 saturated carbocycles. The lowest BCUT2D eigenvalue weighted by Crippen LogP contribution is -2.40. The standard InChI is InChI=1S/C12H20ClN3/c1-15-5-3-11(4-6-15)14-8-12-7-10(13)9-16(12)2/h7,9,11,14H,3-6,8H2,1-2H3. The van der Waals surface area contributed by atoms with Gasteiger partial charge in [0.15, 0.2) is 0 Å². The molecule has 0 amide bonds. The van der Waals surface area contributed by atoms with Crippen LogP contribution in [0, 0.1) is 0 Å². The summed E-state index contributed by atoms with van der Waals surface area (Å²) in [6.07, 6.45) is 4.44. The second-order valence-corrected chi connectivity index (χ2v) is 5.16. The molecule has 16 heavy (non-hydrogen) atoms. The van der Waals surface area contributed by atoms with Crippen molar-refractivity contribution in [3.63, 3.8) is 0 Å². The van der Waals surface area contributed by atoms with E-state index in [0.717, 1.165) is 11.6 Å². The second-order valence-electron chi connectivity index (χ2n) is 4.72. The smallest absolute Gasteiger partial charge is 0.0585 e. The molecule has 1 fully saturated rings. The van der Waals surface area contributed by atoms with E-state index in [4.69, 9.17) is 11.6 Å². The van der Waals surface area contributed by atoms with Crippen LogP contribution in [0.15, 0.2) is 12.3 Å². The first-order valence-corrected chi connectivity index (χ1v) is 6.25. The summed E-state index contributed by atoms with van der Waals surface area (Å²) in [6.45, 7) is 3.31. The van der Waals surface area contributed by atoms with Crippen molar-refractivity contribution in [1.29, 1.82) is 0 Å². The van der Waals surface area contributed by atoms with Crippen LogP contribution in [-0.2, 0) is 13.6 Å². The Hall–Kier alpha value is -0.510. The molecule has 0 atom stereocenters.